The molecule has 4 unspecified atom stereocenters. The lowest BCUT2D eigenvalue weighted by molar-refractivity contribution is -0.190. The van der Waals surface area contributed by atoms with E-state index in [-0.39, 0.29) is 24.3 Å². The fourth-order valence-electron chi connectivity index (χ4n) is 6.49. The highest BCUT2D eigenvalue weighted by Crippen LogP contribution is 2.56. The van der Waals surface area contributed by atoms with Crippen LogP contribution in [-0.2, 0) is 9.59 Å². The molecule has 5 atom stereocenters. The van der Waals surface area contributed by atoms with Crippen LogP contribution in [0.25, 0.3) is 0 Å². The van der Waals surface area contributed by atoms with Gasteiger partial charge in [0, 0.05) is 23.6 Å². The Morgan fingerprint density at radius 2 is 1.82 bits per heavy atom. The van der Waals surface area contributed by atoms with Gasteiger partial charge in [-0.05, 0) is 50.8 Å². The summed E-state index contributed by atoms with van der Waals surface area (Å²) in [6, 6.07) is 10.7. The summed E-state index contributed by atoms with van der Waals surface area (Å²) in [6.07, 6.45) is -1.20. The number of aromatic hydroxyl groups is 1. The molecule has 10 heteroatoms. The van der Waals surface area contributed by atoms with E-state index in [9.17, 15) is 24.6 Å². The Labute approximate surface area is 225 Å². The van der Waals surface area contributed by atoms with Crippen molar-refractivity contribution < 1.29 is 33.4 Å². The molecule has 0 bridgehead atoms. The Morgan fingerprint density at radius 3 is 2.46 bits per heavy atom. The van der Waals surface area contributed by atoms with E-state index in [4.69, 9.17) is 0 Å². The Hall–Kier alpha value is -3.53. The number of phenolic OH excluding ortho intramolecular Hbond substituents is 1. The van der Waals surface area contributed by atoms with Gasteiger partial charge in [0.25, 0.3) is 17.7 Å². The van der Waals surface area contributed by atoms with E-state index in [1.807, 2.05) is 6.07 Å². The maximum Gasteiger partial charge on any atom is 0.290 e. The molecule has 1 aliphatic carbocycles. The lowest BCUT2D eigenvalue weighted by Gasteiger charge is -2.54. The molecule has 5 rings (SSSR count). The van der Waals surface area contributed by atoms with E-state index < -0.39 is 59.3 Å². The summed E-state index contributed by atoms with van der Waals surface area (Å²) in [5.74, 6) is -6.11. The van der Waals surface area contributed by atoms with Crippen molar-refractivity contribution >= 4 is 17.7 Å². The number of aliphatic hydroxyl groups excluding tert-OH is 1. The number of aliphatic hydroxyl groups is 1. The molecule has 3 fully saturated rings. The first-order chi connectivity index (χ1) is 18.3. The van der Waals surface area contributed by atoms with Gasteiger partial charge in [-0.3, -0.25) is 14.4 Å². The SMILES string of the molecule is CCCN1C(=O)C2N(C(=O)[C@@H](O)C3(NC(=O)c4c(C)ccc(O)c4C)CC3c3ccccc3)CC(F)(F)C21C. The summed E-state index contributed by atoms with van der Waals surface area (Å²) in [7, 11) is 0. The van der Waals surface area contributed by atoms with Crippen molar-refractivity contribution in [2.45, 2.75) is 75.6 Å². The van der Waals surface area contributed by atoms with Crippen molar-refractivity contribution in [3.63, 3.8) is 0 Å². The van der Waals surface area contributed by atoms with Crippen LogP contribution >= 0.6 is 0 Å². The third kappa shape index (κ3) is 3.75. The molecule has 0 spiro atoms. The molecule has 0 aromatic heterocycles. The van der Waals surface area contributed by atoms with E-state index in [1.54, 1.807) is 51.1 Å². The summed E-state index contributed by atoms with van der Waals surface area (Å²) < 4.78 is 30.6. The zero-order valence-corrected chi connectivity index (χ0v) is 22.4. The van der Waals surface area contributed by atoms with Gasteiger partial charge >= 0.3 is 0 Å². The largest absolute Gasteiger partial charge is 0.508 e. The van der Waals surface area contributed by atoms with E-state index >= 15 is 8.78 Å². The smallest absolute Gasteiger partial charge is 0.290 e. The summed E-state index contributed by atoms with van der Waals surface area (Å²) in [5.41, 5.74) is -1.45. The van der Waals surface area contributed by atoms with Gasteiger partial charge in [0.15, 0.2) is 6.10 Å². The third-order valence-corrected chi connectivity index (χ3v) is 8.89. The van der Waals surface area contributed by atoms with Crippen LogP contribution in [-0.4, -0.2) is 80.0 Å². The van der Waals surface area contributed by atoms with Crippen LogP contribution in [0.1, 0.15) is 59.7 Å². The molecule has 2 aromatic carbocycles. The highest BCUT2D eigenvalue weighted by molar-refractivity contribution is 6.01. The van der Waals surface area contributed by atoms with Crippen LogP contribution in [0.2, 0.25) is 0 Å². The summed E-state index contributed by atoms with van der Waals surface area (Å²) in [6.45, 7) is 5.50. The molecule has 2 aromatic rings. The number of nitrogens with zero attached hydrogens (tertiary/aromatic N) is 2. The predicted molar refractivity (Wildman–Crippen MR) is 138 cm³/mol. The molecule has 2 saturated heterocycles. The van der Waals surface area contributed by atoms with Gasteiger partial charge in [0.2, 0.25) is 5.91 Å². The summed E-state index contributed by atoms with van der Waals surface area (Å²) in [5, 5.41) is 24.5. The van der Waals surface area contributed by atoms with Crippen molar-refractivity contribution in [1.29, 1.82) is 0 Å². The fraction of sp³-hybridized carbons (Fsp3) is 0.483. The maximum absolute atomic E-state index is 15.3. The quantitative estimate of drug-likeness (QED) is 0.467. The van der Waals surface area contributed by atoms with Gasteiger partial charge in [-0.2, -0.15) is 0 Å². The monoisotopic (exact) mass is 541 g/mol. The van der Waals surface area contributed by atoms with Crippen molar-refractivity contribution in [3.05, 3.63) is 64.7 Å². The van der Waals surface area contributed by atoms with E-state index in [0.717, 1.165) is 15.4 Å². The topological polar surface area (TPSA) is 110 Å². The molecule has 3 aliphatic rings. The average Bonchev–Trinajstić information content (AvgIpc) is 3.59. The molecule has 208 valence electrons. The van der Waals surface area contributed by atoms with Crippen LogP contribution in [0.5, 0.6) is 5.75 Å². The zero-order chi connectivity index (χ0) is 28.5. The first-order valence-corrected chi connectivity index (χ1v) is 13.2. The van der Waals surface area contributed by atoms with Crippen LogP contribution < -0.4 is 5.32 Å². The van der Waals surface area contributed by atoms with Crippen molar-refractivity contribution in [2.24, 2.45) is 0 Å². The van der Waals surface area contributed by atoms with E-state index in [1.165, 1.54) is 13.0 Å². The first-order valence-electron chi connectivity index (χ1n) is 13.2. The standard InChI is InChI=1S/C29H33F2N3O5/c1-5-13-34-25(38)22-27(34,4)29(30,31)15-33(22)26(39)23(36)28(14-19(28)18-9-7-6-8-10-18)32-24(37)21-16(2)11-12-20(35)17(21)3/h6-12,19,22-23,35-36H,5,13-15H2,1-4H3,(H,32,37)/t19?,22?,23-,27?,28?/m1/s1. The lowest BCUT2D eigenvalue weighted by atomic mass is 9.78. The second-order valence-electron chi connectivity index (χ2n) is 11.2. The number of rotatable bonds is 7. The summed E-state index contributed by atoms with van der Waals surface area (Å²) >= 11 is 0. The van der Waals surface area contributed by atoms with Crippen molar-refractivity contribution in [3.8, 4) is 5.75 Å². The predicted octanol–water partition coefficient (Wildman–Crippen LogP) is 2.88. The number of carbonyl (C=O) groups is 3. The number of hydrogen-bond donors (Lipinski definition) is 3. The molecular formula is C29H33F2N3O5. The Morgan fingerprint density at radius 1 is 1.15 bits per heavy atom. The molecule has 8 nitrogen and oxygen atoms in total. The second-order valence-corrected chi connectivity index (χ2v) is 11.2. The van der Waals surface area contributed by atoms with E-state index in [2.05, 4.69) is 5.32 Å². The highest BCUT2D eigenvalue weighted by Gasteiger charge is 2.78. The average molecular weight is 542 g/mol. The van der Waals surface area contributed by atoms with E-state index in [0.29, 0.717) is 17.5 Å². The molecule has 1 saturated carbocycles. The molecule has 2 heterocycles. The minimum Gasteiger partial charge on any atom is -0.508 e. The summed E-state index contributed by atoms with van der Waals surface area (Å²) in [4.78, 5) is 42.1. The number of β-lactam (4-membered cyclic amide) rings is 1. The molecular weight excluding hydrogens is 508 g/mol. The number of amides is 3. The lowest BCUT2D eigenvalue weighted by Crippen LogP contribution is -2.78. The zero-order valence-electron chi connectivity index (χ0n) is 22.4. The maximum atomic E-state index is 15.3. The van der Waals surface area contributed by atoms with Gasteiger partial charge < -0.3 is 25.3 Å². The Kier molecular flexibility index (Phi) is 6.25. The number of aryl methyl sites for hydroxylation is 1. The minimum absolute atomic E-state index is 0.0782. The van der Waals surface area contributed by atoms with Gasteiger partial charge in [0.05, 0.1) is 12.1 Å². The number of benzene rings is 2. The minimum atomic E-state index is -3.37. The van der Waals surface area contributed by atoms with Gasteiger partial charge in [0.1, 0.15) is 17.3 Å². The first kappa shape index (κ1) is 27.1. The number of halogens is 2. The van der Waals surface area contributed by atoms with Crippen molar-refractivity contribution in [1.82, 2.24) is 15.1 Å². The normalized spacial score (nSPS) is 29.5. The van der Waals surface area contributed by atoms with Crippen molar-refractivity contribution in [2.75, 3.05) is 13.1 Å². The number of likely N-dealkylation sites (tertiary alicyclic amines) is 2. The van der Waals surface area contributed by atoms with Gasteiger partial charge in [-0.25, -0.2) is 8.78 Å². The van der Waals surface area contributed by atoms with Gasteiger partial charge in [-0.1, -0.05) is 43.3 Å². The Bertz CT molecular complexity index is 1350. The van der Waals surface area contributed by atoms with Gasteiger partial charge in [-0.15, -0.1) is 0 Å². The molecule has 3 amide bonds. The molecule has 39 heavy (non-hydrogen) atoms. The second kappa shape index (κ2) is 9.01. The number of hydrogen-bond acceptors (Lipinski definition) is 5. The third-order valence-electron chi connectivity index (χ3n) is 8.89. The van der Waals surface area contributed by atoms with Crippen LogP contribution in [0.15, 0.2) is 42.5 Å². The number of nitrogens with one attached hydrogen (secondary N) is 1. The molecule has 0 radical (unpaired) electrons. The highest BCUT2D eigenvalue weighted by atomic mass is 19.3. The number of fused-ring (bicyclic) bond motifs is 1. The number of phenols is 1. The molecule has 3 N–H and O–H groups in total. The number of alkyl halides is 2. The molecule has 2 aliphatic heterocycles. The Balaban J connectivity index is 1.48. The fourth-order valence-corrected chi connectivity index (χ4v) is 6.49. The van der Waals surface area contributed by atoms with Crippen LogP contribution in [0.4, 0.5) is 8.78 Å². The van der Waals surface area contributed by atoms with Crippen LogP contribution in [0, 0.1) is 13.8 Å². The number of carbonyl (C=O) groups excluding carboxylic acids is 3. The van der Waals surface area contributed by atoms with Crippen LogP contribution in [0.3, 0.4) is 0 Å².